The van der Waals surface area contributed by atoms with Crippen LogP contribution >= 0.6 is 0 Å². The van der Waals surface area contributed by atoms with Crippen LogP contribution in [0, 0.1) is 11.3 Å². The maximum atomic E-state index is 8.84. The van der Waals surface area contributed by atoms with Crippen molar-refractivity contribution in [1.29, 1.82) is 5.26 Å². The van der Waals surface area contributed by atoms with Crippen LogP contribution in [0.15, 0.2) is 30.7 Å². The first-order valence-electron chi connectivity index (χ1n) is 4.88. The van der Waals surface area contributed by atoms with E-state index in [-0.39, 0.29) is 0 Å². The van der Waals surface area contributed by atoms with Crippen molar-refractivity contribution < 1.29 is 0 Å². The second-order valence-corrected chi connectivity index (χ2v) is 3.29. The summed E-state index contributed by atoms with van der Waals surface area (Å²) in [7, 11) is 1.89. The van der Waals surface area contributed by atoms with Crippen LogP contribution in [0.25, 0.3) is 5.82 Å². The SMILES string of the molecule is CNCc1ccc(-n2ccnc2C#N)nc1. The van der Waals surface area contributed by atoms with Gasteiger partial charge in [0.1, 0.15) is 11.9 Å². The Morgan fingerprint density at radius 1 is 1.44 bits per heavy atom. The van der Waals surface area contributed by atoms with Gasteiger partial charge in [0.2, 0.25) is 5.82 Å². The van der Waals surface area contributed by atoms with Gasteiger partial charge in [0.05, 0.1) is 0 Å². The summed E-state index contributed by atoms with van der Waals surface area (Å²) in [5.41, 5.74) is 1.10. The summed E-state index contributed by atoms with van der Waals surface area (Å²) in [6.45, 7) is 0.780. The van der Waals surface area contributed by atoms with Gasteiger partial charge in [0, 0.05) is 25.1 Å². The Morgan fingerprint density at radius 2 is 2.31 bits per heavy atom. The van der Waals surface area contributed by atoms with Gasteiger partial charge in [-0.15, -0.1) is 0 Å². The number of nitrogens with one attached hydrogen (secondary N) is 1. The van der Waals surface area contributed by atoms with E-state index >= 15 is 0 Å². The molecule has 0 aliphatic rings. The lowest BCUT2D eigenvalue weighted by atomic mass is 10.3. The van der Waals surface area contributed by atoms with E-state index in [2.05, 4.69) is 15.3 Å². The molecule has 0 fully saturated rings. The second kappa shape index (κ2) is 4.55. The molecule has 0 unspecified atom stereocenters. The first-order chi connectivity index (χ1) is 7.85. The molecule has 0 spiro atoms. The molecule has 0 aliphatic carbocycles. The minimum absolute atomic E-state index is 0.342. The van der Waals surface area contributed by atoms with Crippen LogP contribution in [0.1, 0.15) is 11.4 Å². The number of hydrogen-bond donors (Lipinski definition) is 1. The molecule has 0 saturated carbocycles. The molecule has 80 valence electrons. The van der Waals surface area contributed by atoms with Crippen molar-refractivity contribution in [2.75, 3.05) is 7.05 Å². The van der Waals surface area contributed by atoms with Gasteiger partial charge in [-0.25, -0.2) is 9.97 Å². The monoisotopic (exact) mass is 213 g/mol. The zero-order valence-corrected chi connectivity index (χ0v) is 8.88. The highest BCUT2D eigenvalue weighted by atomic mass is 15.1. The molecule has 2 aromatic rings. The number of rotatable bonds is 3. The highest BCUT2D eigenvalue weighted by molar-refractivity contribution is 5.30. The van der Waals surface area contributed by atoms with Crippen LogP contribution < -0.4 is 5.32 Å². The summed E-state index contributed by atoms with van der Waals surface area (Å²) in [6, 6.07) is 5.86. The average Bonchev–Trinajstić information content (AvgIpc) is 2.78. The fourth-order valence-corrected chi connectivity index (χ4v) is 1.44. The average molecular weight is 213 g/mol. The van der Waals surface area contributed by atoms with Crippen molar-refractivity contribution in [1.82, 2.24) is 19.9 Å². The Hall–Kier alpha value is -2.19. The number of aromatic nitrogens is 3. The Bertz CT molecular complexity index is 506. The van der Waals surface area contributed by atoms with E-state index in [1.807, 2.05) is 25.2 Å². The summed E-state index contributed by atoms with van der Waals surface area (Å²) >= 11 is 0. The minimum atomic E-state index is 0.342. The Balaban J connectivity index is 2.32. The highest BCUT2D eigenvalue weighted by Gasteiger charge is 2.04. The normalized spacial score (nSPS) is 10.0. The standard InChI is InChI=1S/C11H11N5/c1-13-7-9-2-3-10(15-8-9)16-5-4-14-11(16)6-12/h2-5,8,13H,7H2,1H3. The number of nitrogens with zero attached hydrogens (tertiary/aromatic N) is 4. The minimum Gasteiger partial charge on any atom is -0.316 e. The fraction of sp³-hybridized carbons (Fsp3) is 0.182. The third-order valence-corrected chi connectivity index (χ3v) is 2.18. The van der Waals surface area contributed by atoms with E-state index < -0.39 is 0 Å². The number of nitriles is 1. The number of hydrogen-bond acceptors (Lipinski definition) is 4. The summed E-state index contributed by atoms with van der Waals surface area (Å²) in [6.07, 6.45) is 5.09. The van der Waals surface area contributed by atoms with E-state index in [4.69, 9.17) is 5.26 Å². The van der Waals surface area contributed by atoms with E-state index in [0.717, 1.165) is 12.1 Å². The Labute approximate surface area is 93.4 Å². The molecule has 2 aromatic heterocycles. The molecule has 1 N–H and O–H groups in total. The van der Waals surface area contributed by atoms with Crippen LogP contribution in [0.2, 0.25) is 0 Å². The van der Waals surface area contributed by atoms with Crippen molar-refractivity contribution in [3.8, 4) is 11.9 Å². The molecular formula is C11H11N5. The van der Waals surface area contributed by atoms with E-state index in [9.17, 15) is 0 Å². The van der Waals surface area contributed by atoms with Gasteiger partial charge in [-0.2, -0.15) is 5.26 Å². The molecular weight excluding hydrogens is 202 g/mol. The molecule has 0 aliphatic heterocycles. The van der Waals surface area contributed by atoms with Crippen LogP contribution in [-0.4, -0.2) is 21.6 Å². The van der Waals surface area contributed by atoms with Gasteiger partial charge in [-0.3, -0.25) is 4.57 Å². The zero-order valence-electron chi connectivity index (χ0n) is 8.88. The fourth-order valence-electron chi connectivity index (χ4n) is 1.44. The summed E-state index contributed by atoms with van der Waals surface area (Å²) in [5, 5.41) is 11.9. The van der Waals surface area contributed by atoms with Gasteiger partial charge < -0.3 is 5.32 Å². The van der Waals surface area contributed by atoms with Crippen LogP contribution in [0.5, 0.6) is 0 Å². The molecule has 5 nitrogen and oxygen atoms in total. The van der Waals surface area contributed by atoms with E-state index in [1.165, 1.54) is 0 Å². The third-order valence-electron chi connectivity index (χ3n) is 2.18. The van der Waals surface area contributed by atoms with Gasteiger partial charge in [0.15, 0.2) is 0 Å². The second-order valence-electron chi connectivity index (χ2n) is 3.29. The van der Waals surface area contributed by atoms with Crippen LogP contribution in [0.3, 0.4) is 0 Å². The lowest BCUT2D eigenvalue weighted by molar-refractivity contribution is 0.810. The van der Waals surface area contributed by atoms with Crippen molar-refractivity contribution in [2.24, 2.45) is 0 Å². The van der Waals surface area contributed by atoms with E-state index in [0.29, 0.717) is 11.6 Å². The zero-order chi connectivity index (χ0) is 11.4. The quantitative estimate of drug-likeness (QED) is 0.821. The summed E-state index contributed by atoms with van der Waals surface area (Å²) in [5.74, 6) is 1.04. The number of imidazole rings is 1. The van der Waals surface area contributed by atoms with Gasteiger partial charge in [-0.05, 0) is 18.7 Å². The summed E-state index contributed by atoms with van der Waals surface area (Å²) in [4.78, 5) is 8.20. The molecule has 0 amide bonds. The van der Waals surface area contributed by atoms with Crippen LogP contribution in [0.4, 0.5) is 0 Å². The van der Waals surface area contributed by atoms with Crippen molar-refractivity contribution in [3.63, 3.8) is 0 Å². The molecule has 0 saturated heterocycles. The first kappa shape index (κ1) is 10.3. The number of pyridine rings is 1. The van der Waals surface area contributed by atoms with Crippen molar-refractivity contribution in [2.45, 2.75) is 6.54 Å². The lowest BCUT2D eigenvalue weighted by Gasteiger charge is -2.04. The Morgan fingerprint density at radius 3 is 2.94 bits per heavy atom. The maximum absolute atomic E-state index is 8.84. The van der Waals surface area contributed by atoms with Crippen molar-refractivity contribution >= 4 is 0 Å². The molecule has 0 radical (unpaired) electrons. The Kier molecular flexibility index (Phi) is 2.94. The highest BCUT2D eigenvalue weighted by Crippen LogP contribution is 2.08. The molecule has 2 rings (SSSR count). The molecule has 0 atom stereocenters. The van der Waals surface area contributed by atoms with E-state index in [1.54, 1.807) is 23.2 Å². The molecule has 2 heterocycles. The predicted octanol–water partition coefficient (Wildman–Crippen LogP) is 0.858. The lowest BCUT2D eigenvalue weighted by Crippen LogP contribution is -2.06. The molecule has 0 bridgehead atoms. The maximum Gasteiger partial charge on any atom is 0.218 e. The molecule has 0 aromatic carbocycles. The first-order valence-corrected chi connectivity index (χ1v) is 4.88. The largest absolute Gasteiger partial charge is 0.316 e. The van der Waals surface area contributed by atoms with Crippen LogP contribution in [-0.2, 0) is 6.54 Å². The molecule has 16 heavy (non-hydrogen) atoms. The third kappa shape index (κ3) is 1.92. The smallest absolute Gasteiger partial charge is 0.218 e. The van der Waals surface area contributed by atoms with Crippen molar-refractivity contribution in [3.05, 3.63) is 42.1 Å². The summed E-state index contributed by atoms with van der Waals surface area (Å²) < 4.78 is 1.66. The van der Waals surface area contributed by atoms with Gasteiger partial charge in [0.25, 0.3) is 0 Å². The molecule has 5 heteroatoms. The topological polar surface area (TPSA) is 66.5 Å². The predicted molar refractivity (Wildman–Crippen MR) is 58.8 cm³/mol. The van der Waals surface area contributed by atoms with Gasteiger partial charge >= 0.3 is 0 Å². The van der Waals surface area contributed by atoms with Gasteiger partial charge in [-0.1, -0.05) is 6.07 Å².